The number of pyridine rings is 1. The van der Waals surface area contributed by atoms with Crippen LogP contribution in [0.25, 0.3) is 0 Å². The Hall–Kier alpha value is -0.292. The van der Waals surface area contributed by atoms with Crippen LogP contribution >= 0.6 is 0 Å². The summed E-state index contributed by atoms with van der Waals surface area (Å²) in [4.78, 5) is 4.43. The molecule has 1 aromatic rings. The molecule has 0 aliphatic rings. The Balaban J connectivity index is 2.56. The van der Waals surface area contributed by atoms with Crippen molar-refractivity contribution < 1.29 is 0 Å². The molecule has 0 saturated heterocycles. The van der Waals surface area contributed by atoms with Gasteiger partial charge in [0.25, 0.3) is 0 Å². The van der Waals surface area contributed by atoms with E-state index in [2.05, 4.69) is 24.0 Å². The van der Waals surface area contributed by atoms with Gasteiger partial charge < -0.3 is 0 Å². The van der Waals surface area contributed by atoms with E-state index >= 15 is 0 Å². The molecule has 1 nitrogen and oxygen atoms in total. The van der Waals surface area contributed by atoms with Gasteiger partial charge in [0.2, 0.25) is 0 Å². The summed E-state index contributed by atoms with van der Waals surface area (Å²) in [6, 6.07) is 6.26. The van der Waals surface area contributed by atoms with Crippen LogP contribution in [0.3, 0.4) is 0 Å². The summed E-state index contributed by atoms with van der Waals surface area (Å²) in [5, 5.41) is 2.56. The van der Waals surface area contributed by atoms with Crippen molar-refractivity contribution in [2.24, 2.45) is 0 Å². The Morgan fingerprint density at radius 2 is 2.27 bits per heavy atom. The number of rotatable bonds is 3. The van der Waals surface area contributed by atoms with Crippen LogP contribution in [0.1, 0.15) is 18.3 Å². The van der Waals surface area contributed by atoms with E-state index in [1.807, 2.05) is 13.0 Å². The molecule has 0 aliphatic carbocycles. The van der Waals surface area contributed by atoms with E-state index in [0.29, 0.717) is 15.8 Å². The molecule has 1 rings (SSSR count). The third-order valence-electron chi connectivity index (χ3n) is 1.44. The quantitative estimate of drug-likeness (QED) is 0.695. The van der Waals surface area contributed by atoms with Crippen LogP contribution in [0.15, 0.2) is 18.2 Å². The number of nitrogens with zero attached hydrogens (tertiary/aromatic N) is 1. The summed E-state index contributed by atoms with van der Waals surface area (Å²) in [7, 11) is 0. The van der Waals surface area contributed by atoms with Crippen LogP contribution in [0, 0.1) is 6.92 Å². The third-order valence-corrected chi connectivity index (χ3v) is 3.53. The predicted molar refractivity (Wildman–Crippen MR) is 48.9 cm³/mol. The van der Waals surface area contributed by atoms with Crippen LogP contribution in [-0.2, 0) is 5.21 Å². The van der Waals surface area contributed by atoms with E-state index < -0.39 is 0 Å². The van der Waals surface area contributed by atoms with Gasteiger partial charge in [-0.1, -0.05) is 0 Å². The Labute approximate surface area is 74.9 Å². The van der Waals surface area contributed by atoms with Crippen LogP contribution in [0.5, 0.6) is 0 Å². The van der Waals surface area contributed by atoms with Crippen molar-refractivity contribution in [2.75, 3.05) is 0 Å². The maximum atomic E-state index is 4.43. The van der Waals surface area contributed by atoms with Gasteiger partial charge >= 0.3 is 74.6 Å². The summed E-state index contributed by atoms with van der Waals surface area (Å²) in [5.74, 6) is 0. The molecule has 2 heteroatoms. The zero-order valence-electron chi connectivity index (χ0n) is 7.04. The number of aryl methyl sites for hydroxylation is 1. The SMILES string of the molecule is CC[As]Cc1cccc(C)n1. The molecule has 0 aromatic carbocycles. The van der Waals surface area contributed by atoms with Gasteiger partial charge in [-0.15, -0.1) is 0 Å². The zero-order chi connectivity index (χ0) is 8.10. The van der Waals surface area contributed by atoms with Crippen LogP contribution in [0.4, 0.5) is 0 Å². The van der Waals surface area contributed by atoms with E-state index in [4.69, 9.17) is 0 Å². The van der Waals surface area contributed by atoms with Gasteiger partial charge in [-0.25, -0.2) is 0 Å². The topological polar surface area (TPSA) is 12.9 Å². The molecule has 11 heavy (non-hydrogen) atoms. The Kier molecular flexibility index (Phi) is 3.65. The molecule has 0 amide bonds. The average Bonchev–Trinajstić information content (AvgIpc) is 2.01. The van der Waals surface area contributed by atoms with Gasteiger partial charge in [0.15, 0.2) is 0 Å². The maximum absolute atomic E-state index is 4.43. The van der Waals surface area contributed by atoms with Gasteiger partial charge in [0.1, 0.15) is 0 Å². The van der Waals surface area contributed by atoms with Crippen molar-refractivity contribution in [3.8, 4) is 0 Å². The van der Waals surface area contributed by atoms with Crippen molar-refractivity contribution >= 4 is 15.8 Å². The Morgan fingerprint density at radius 3 is 2.91 bits per heavy atom. The normalized spacial score (nSPS) is 11.1. The van der Waals surface area contributed by atoms with Crippen LogP contribution in [-0.4, -0.2) is 20.7 Å². The number of aromatic nitrogens is 1. The van der Waals surface area contributed by atoms with E-state index in [-0.39, 0.29) is 0 Å². The first-order chi connectivity index (χ1) is 5.33. The molecule has 0 fully saturated rings. The molecule has 0 atom stereocenters. The average molecular weight is 210 g/mol. The van der Waals surface area contributed by atoms with Gasteiger partial charge in [-0.05, 0) is 0 Å². The fourth-order valence-corrected chi connectivity index (χ4v) is 2.23. The molecule has 0 spiro atoms. The van der Waals surface area contributed by atoms with Crippen LogP contribution < -0.4 is 0 Å². The molecule has 1 heterocycles. The fourth-order valence-electron chi connectivity index (χ4n) is 0.914. The van der Waals surface area contributed by atoms with E-state index in [1.165, 1.54) is 16.1 Å². The van der Waals surface area contributed by atoms with Crippen molar-refractivity contribution in [3.05, 3.63) is 29.6 Å². The second kappa shape index (κ2) is 4.56. The van der Waals surface area contributed by atoms with Crippen molar-refractivity contribution in [1.82, 2.24) is 4.98 Å². The Bertz CT molecular complexity index is 223. The molecule has 0 N–H and O–H groups in total. The number of hydrogen-bond donors (Lipinski definition) is 0. The van der Waals surface area contributed by atoms with Crippen molar-refractivity contribution in [2.45, 2.75) is 24.3 Å². The first-order valence-corrected chi connectivity index (χ1v) is 6.54. The minimum absolute atomic E-state index is 0.503. The van der Waals surface area contributed by atoms with Gasteiger partial charge in [-0.2, -0.15) is 0 Å². The van der Waals surface area contributed by atoms with Crippen LogP contribution in [0.2, 0.25) is 5.21 Å². The molecule has 0 bridgehead atoms. The monoisotopic (exact) mass is 210 g/mol. The molecular weight excluding hydrogens is 197 g/mol. The summed E-state index contributed by atoms with van der Waals surface area (Å²) < 4.78 is 0. The summed E-state index contributed by atoms with van der Waals surface area (Å²) >= 11 is 0.503. The summed E-state index contributed by atoms with van der Waals surface area (Å²) in [5.41, 5.74) is 2.41. The van der Waals surface area contributed by atoms with Gasteiger partial charge in [0, 0.05) is 0 Å². The first kappa shape index (κ1) is 8.80. The van der Waals surface area contributed by atoms with Crippen molar-refractivity contribution in [3.63, 3.8) is 0 Å². The fraction of sp³-hybridized carbons (Fsp3) is 0.444. The molecule has 0 saturated carbocycles. The van der Waals surface area contributed by atoms with Gasteiger partial charge in [-0.3, -0.25) is 0 Å². The standard InChI is InChI=1S/C9H13AsN/c1-3-10-7-9-6-4-5-8(2)11-9/h4-6H,3,7H2,1-2H3. The molecule has 1 radical (unpaired) electrons. The molecular formula is C9H13AsN. The first-order valence-electron chi connectivity index (χ1n) is 3.88. The second-order valence-electron chi connectivity index (χ2n) is 2.47. The molecule has 0 aliphatic heterocycles. The van der Waals surface area contributed by atoms with Gasteiger partial charge in [0.05, 0.1) is 0 Å². The second-order valence-corrected chi connectivity index (χ2v) is 5.40. The minimum atomic E-state index is 0.503. The number of hydrogen-bond acceptors (Lipinski definition) is 1. The summed E-state index contributed by atoms with van der Waals surface area (Å²) in [6.45, 7) is 4.29. The van der Waals surface area contributed by atoms with Crippen molar-refractivity contribution in [1.29, 1.82) is 0 Å². The third kappa shape index (κ3) is 3.07. The Morgan fingerprint density at radius 1 is 1.45 bits per heavy atom. The van der Waals surface area contributed by atoms with E-state index in [9.17, 15) is 0 Å². The van der Waals surface area contributed by atoms with E-state index in [1.54, 1.807) is 0 Å². The zero-order valence-corrected chi connectivity index (χ0v) is 8.92. The summed E-state index contributed by atoms with van der Waals surface area (Å²) in [6.07, 6.45) is 0. The molecule has 1 aromatic heterocycles. The predicted octanol–water partition coefficient (Wildman–Crippen LogP) is 2.03. The molecule has 59 valence electrons. The molecule has 0 unspecified atom stereocenters. The van der Waals surface area contributed by atoms with E-state index in [0.717, 1.165) is 5.69 Å².